The van der Waals surface area contributed by atoms with Crippen LogP contribution in [0.5, 0.6) is 5.75 Å². The second kappa shape index (κ2) is 14.4. The number of anilines is 2. The number of carbonyl (C=O) groups is 4. The molecule has 1 aliphatic rings. The Kier molecular flexibility index (Phi) is 10.3. The van der Waals surface area contributed by atoms with Gasteiger partial charge >= 0.3 is 23.2 Å². The van der Waals surface area contributed by atoms with Crippen LogP contribution in [0.4, 0.5) is 14.4 Å². The van der Waals surface area contributed by atoms with E-state index in [4.69, 9.17) is 28.5 Å². The van der Waals surface area contributed by atoms with Crippen molar-refractivity contribution >= 4 is 77.0 Å². The van der Waals surface area contributed by atoms with Gasteiger partial charge in [-0.25, -0.2) is 23.6 Å². The average Bonchev–Trinajstić information content (AvgIpc) is 3.70. The van der Waals surface area contributed by atoms with Crippen LogP contribution in [-0.2, 0) is 9.53 Å². The predicted octanol–water partition coefficient (Wildman–Crippen LogP) is 4.92. The summed E-state index contributed by atoms with van der Waals surface area (Å²) in [6.45, 7) is 1.15. The minimum atomic E-state index is -1.39. The Morgan fingerprint density at radius 3 is 1.82 bits per heavy atom. The number of hydrogen-bond donors (Lipinski definition) is 2. The highest BCUT2D eigenvalue weighted by Gasteiger charge is 2.27. The minimum Gasteiger partial charge on any atom is -0.494 e. The number of thiophene rings is 2. The zero-order valence-corrected chi connectivity index (χ0v) is 27.6. The van der Waals surface area contributed by atoms with Crippen LogP contribution in [0, 0.1) is 11.7 Å². The van der Waals surface area contributed by atoms with E-state index in [1.807, 2.05) is 0 Å². The number of nitrogens with zero attached hydrogens (tertiary/aromatic N) is 2. The summed E-state index contributed by atoms with van der Waals surface area (Å²) < 4.78 is 34.6. The number of rotatable bonds is 7. The Morgan fingerprint density at radius 2 is 1.33 bits per heavy atom. The van der Waals surface area contributed by atoms with Crippen LogP contribution in [0.1, 0.15) is 43.9 Å². The van der Waals surface area contributed by atoms with Crippen LogP contribution in [0.2, 0.25) is 0 Å². The zero-order chi connectivity index (χ0) is 35.6. The third-order valence-corrected chi connectivity index (χ3v) is 9.83. The van der Waals surface area contributed by atoms with E-state index in [-0.39, 0.29) is 34.3 Å². The third kappa shape index (κ3) is 7.38. The van der Waals surface area contributed by atoms with Crippen LogP contribution in [0.15, 0.2) is 60.9 Å². The van der Waals surface area contributed by atoms with Crippen LogP contribution >= 0.6 is 22.7 Å². The van der Waals surface area contributed by atoms with E-state index in [1.54, 1.807) is 13.1 Å². The maximum atomic E-state index is 13.5. The summed E-state index contributed by atoms with van der Waals surface area (Å²) in [6.07, 6.45) is 1.37. The second-order valence-electron chi connectivity index (χ2n) is 10.6. The average molecular weight is 715 g/mol. The number of carbonyl (C=O) groups excluding carboxylic acids is 2. The number of carboxylic acids is 2. The Labute approximate surface area is 283 Å². The molecule has 0 atom stereocenters. The van der Waals surface area contributed by atoms with Crippen LogP contribution in [0.25, 0.3) is 20.6 Å². The summed E-state index contributed by atoms with van der Waals surface area (Å²) in [5, 5.41) is 19.0. The molecule has 14 nitrogen and oxygen atoms in total. The molecule has 0 bridgehead atoms. The van der Waals surface area contributed by atoms with Gasteiger partial charge in [-0.15, -0.1) is 22.7 Å². The van der Waals surface area contributed by atoms with Crippen LogP contribution < -0.4 is 25.8 Å². The Balaban J connectivity index is 0.000000192. The van der Waals surface area contributed by atoms with Gasteiger partial charge in [-0.1, -0.05) is 0 Å². The van der Waals surface area contributed by atoms with Gasteiger partial charge in [0.2, 0.25) is 5.91 Å². The highest BCUT2D eigenvalue weighted by Crippen LogP contribution is 2.34. The molecule has 4 aromatic heterocycles. The third-order valence-electron chi connectivity index (χ3n) is 7.55. The molecule has 0 saturated carbocycles. The molecule has 5 heterocycles. The lowest BCUT2D eigenvalue weighted by molar-refractivity contribution is -0.124. The molecule has 2 N–H and O–H groups in total. The summed E-state index contributed by atoms with van der Waals surface area (Å²) in [5.41, 5.74) is -2.09. The topological polar surface area (TPSA) is 194 Å². The van der Waals surface area contributed by atoms with E-state index < -0.39 is 46.0 Å². The lowest BCUT2D eigenvalue weighted by atomic mass is 9.99. The number of benzene rings is 1. The van der Waals surface area contributed by atoms with E-state index in [1.165, 1.54) is 65.6 Å². The smallest absolute Gasteiger partial charge is 0.351 e. The van der Waals surface area contributed by atoms with Crippen LogP contribution in [-0.4, -0.2) is 68.4 Å². The summed E-state index contributed by atoms with van der Waals surface area (Å²) in [6, 6.07) is 9.27. The van der Waals surface area contributed by atoms with Crippen molar-refractivity contribution in [2.24, 2.45) is 5.92 Å². The molecule has 17 heteroatoms. The number of halogens is 1. The van der Waals surface area contributed by atoms with Gasteiger partial charge in [-0.05, 0) is 43.2 Å². The van der Waals surface area contributed by atoms with Crippen molar-refractivity contribution in [3.63, 3.8) is 0 Å². The number of hydrogen-bond acceptors (Lipinski definition) is 12. The molecule has 2 amide bonds. The first kappa shape index (κ1) is 34.9. The highest BCUT2D eigenvalue weighted by atomic mass is 32.1. The molecule has 1 aliphatic heterocycles. The largest absolute Gasteiger partial charge is 0.494 e. The molecule has 0 spiro atoms. The van der Waals surface area contributed by atoms with Gasteiger partial charge in [-0.3, -0.25) is 9.59 Å². The SMILES string of the molecule is CN(C(=O)C1CCOCC1)c1cc2oc(=O)c(C(=O)O)cc2s1.COc1cc(C(=O)N(C)c2cc3oc(=O)c(C(=O)O)cc3s2)ccc1F. The van der Waals surface area contributed by atoms with Gasteiger partial charge < -0.3 is 38.3 Å². The molecule has 0 unspecified atom stereocenters. The summed E-state index contributed by atoms with van der Waals surface area (Å²) in [4.78, 5) is 73.2. The summed E-state index contributed by atoms with van der Waals surface area (Å²) in [5.74, 6) is -3.90. The van der Waals surface area contributed by atoms with Gasteiger partial charge in [-0.2, -0.15) is 0 Å². The second-order valence-corrected chi connectivity index (χ2v) is 12.8. The van der Waals surface area contributed by atoms with E-state index in [0.29, 0.717) is 45.5 Å². The number of ether oxygens (including phenoxy) is 2. The Morgan fingerprint density at radius 1 is 0.816 bits per heavy atom. The fraction of sp³-hybridized carbons (Fsp3) is 0.250. The van der Waals surface area contributed by atoms with Crippen LogP contribution in [0.3, 0.4) is 0 Å². The Bertz CT molecular complexity index is 2210. The first-order valence-electron chi connectivity index (χ1n) is 14.4. The molecular formula is C32H27FN2O12S2. The molecule has 0 aliphatic carbocycles. The molecule has 1 saturated heterocycles. The van der Waals surface area contributed by atoms with Crippen molar-refractivity contribution in [2.75, 3.05) is 44.2 Å². The highest BCUT2D eigenvalue weighted by molar-refractivity contribution is 7.23. The molecule has 6 rings (SSSR count). The van der Waals surface area contributed by atoms with E-state index in [0.717, 1.165) is 17.4 Å². The first-order valence-corrected chi connectivity index (χ1v) is 16.0. The summed E-state index contributed by atoms with van der Waals surface area (Å²) in [7, 11) is 4.46. The quantitative estimate of drug-likeness (QED) is 0.231. The predicted molar refractivity (Wildman–Crippen MR) is 177 cm³/mol. The number of fused-ring (bicyclic) bond motifs is 2. The van der Waals surface area contributed by atoms with Gasteiger partial charge in [0.15, 0.2) is 22.7 Å². The molecule has 256 valence electrons. The lowest BCUT2D eigenvalue weighted by Gasteiger charge is -2.25. The minimum absolute atomic E-state index is 0.0133. The summed E-state index contributed by atoms with van der Waals surface area (Å²) >= 11 is 2.30. The monoisotopic (exact) mass is 714 g/mol. The zero-order valence-electron chi connectivity index (χ0n) is 26.0. The fourth-order valence-corrected chi connectivity index (χ4v) is 6.83. The molecule has 1 aromatic carbocycles. The fourth-order valence-electron chi connectivity index (χ4n) is 4.84. The maximum Gasteiger partial charge on any atom is 0.351 e. The lowest BCUT2D eigenvalue weighted by Crippen LogP contribution is -2.35. The van der Waals surface area contributed by atoms with Gasteiger partial charge in [0.25, 0.3) is 5.91 Å². The van der Waals surface area contributed by atoms with Crippen molar-refractivity contribution < 1.29 is 52.1 Å². The molecule has 5 aromatic rings. The number of methoxy groups -OCH3 is 1. The van der Waals surface area contributed by atoms with Gasteiger partial charge in [0, 0.05) is 50.9 Å². The first-order chi connectivity index (χ1) is 23.3. The van der Waals surface area contributed by atoms with Crippen molar-refractivity contribution in [1.82, 2.24) is 0 Å². The normalized spacial score (nSPS) is 13.1. The number of amides is 2. The number of aromatic carboxylic acids is 2. The Hall–Kier alpha value is -5.39. The molecule has 1 fully saturated rings. The van der Waals surface area contributed by atoms with E-state index in [2.05, 4.69) is 0 Å². The molecule has 0 radical (unpaired) electrons. The van der Waals surface area contributed by atoms with E-state index in [9.17, 15) is 33.2 Å². The van der Waals surface area contributed by atoms with Crippen molar-refractivity contribution in [3.05, 3.63) is 85.8 Å². The van der Waals surface area contributed by atoms with Gasteiger partial charge in [0.1, 0.15) is 21.1 Å². The van der Waals surface area contributed by atoms with Crippen molar-refractivity contribution in [3.8, 4) is 5.75 Å². The number of carboxylic acid groups (broad SMARTS) is 2. The standard InChI is InChI=1S/C17H12FNO6S.C15H15NO6S/c1-19(15(20)8-3-4-10(18)11(5-8)24-2)14-7-12-13(26-14)6-9(16(21)22)17(23)25-12;1-16(13(17)8-2-4-21-5-3-8)12-7-10-11(23-12)6-9(14(18)19)15(20)22-10/h3-7H,1-2H3,(H,21,22);6-8H,2-5H2,1H3,(H,18,19). The molecule has 49 heavy (non-hydrogen) atoms. The molecular weight excluding hydrogens is 687 g/mol. The maximum absolute atomic E-state index is 13.5. The van der Waals surface area contributed by atoms with E-state index >= 15 is 0 Å². The van der Waals surface area contributed by atoms with Crippen molar-refractivity contribution in [1.29, 1.82) is 0 Å². The van der Waals surface area contributed by atoms with Crippen molar-refractivity contribution in [2.45, 2.75) is 12.8 Å². The van der Waals surface area contributed by atoms with Gasteiger partial charge in [0.05, 0.1) is 16.5 Å².